The lowest BCUT2D eigenvalue weighted by Crippen LogP contribution is -1.98. The van der Waals surface area contributed by atoms with E-state index in [1.54, 1.807) is 0 Å². The van der Waals surface area contributed by atoms with Gasteiger partial charge in [0.2, 0.25) is 0 Å². The van der Waals surface area contributed by atoms with E-state index in [4.69, 9.17) is 21.8 Å². The first-order valence-corrected chi connectivity index (χ1v) is 7.18. The van der Waals surface area contributed by atoms with Gasteiger partial charge >= 0.3 is 0 Å². The second kappa shape index (κ2) is 5.23. The number of aryl methyl sites for hydroxylation is 2. The van der Waals surface area contributed by atoms with Crippen LogP contribution in [0.2, 0.25) is 5.02 Å². The molecule has 3 aromatic rings. The van der Waals surface area contributed by atoms with Gasteiger partial charge in [0.05, 0.1) is 22.7 Å². The van der Waals surface area contributed by atoms with Gasteiger partial charge in [0, 0.05) is 17.1 Å². The third kappa shape index (κ3) is 2.28. The largest absolute Gasteiger partial charge is 0.324 e. The first-order chi connectivity index (χ1) is 10.1. The van der Waals surface area contributed by atoms with E-state index in [1.807, 2.05) is 43.3 Å². The number of benzene rings is 2. The molecule has 4 heteroatoms. The van der Waals surface area contributed by atoms with Gasteiger partial charge < -0.3 is 4.57 Å². The van der Waals surface area contributed by atoms with Crippen LogP contribution in [-0.2, 0) is 6.54 Å². The molecule has 3 nitrogen and oxygen atoms in total. The van der Waals surface area contributed by atoms with Crippen LogP contribution in [0, 0.1) is 18.3 Å². The van der Waals surface area contributed by atoms with Crippen LogP contribution in [0.4, 0.5) is 0 Å². The van der Waals surface area contributed by atoms with Gasteiger partial charge in [0.25, 0.3) is 0 Å². The number of aromatic nitrogens is 2. The summed E-state index contributed by atoms with van der Waals surface area (Å²) in [5.41, 5.74) is 4.67. The maximum absolute atomic E-state index is 9.02. The quantitative estimate of drug-likeness (QED) is 0.695. The van der Waals surface area contributed by atoms with E-state index in [1.165, 1.54) is 0 Å². The summed E-state index contributed by atoms with van der Waals surface area (Å²) < 4.78 is 2.16. The van der Waals surface area contributed by atoms with Gasteiger partial charge in [0.15, 0.2) is 0 Å². The number of nitriles is 1. The van der Waals surface area contributed by atoms with Gasteiger partial charge in [-0.05, 0) is 55.8 Å². The predicted molar refractivity (Wildman–Crippen MR) is 85.3 cm³/mol. The van der Waals surface area contributed by atoms with E-state index in [0.717, 1.165) is 39.6 Å². The van der Waals surface area contributed by atoms with E-state index in [0.29, 0.717) is 5.56 Å². The molecule has 0 aliphatic carbocycles. The Morgan fingerprint density at radius 1 is 1.24 bits per heavy atom. The van der Waals surface area contributed by atoms with Crippen molar-refractivity contribution in [2.45, 2.75) is 20.4 Å². The van der Waals surface area contributed by atoms with Crippen LogP contribution < -0.4 is 0 Å². The summed E-state index contributed by atoms with van der Waals surface area (Å²) in [6.45, 7) is 4.94. The number of fused-ring (bicyclic) bond motifs is 1. The van der Waals surface area contributed by atoms with Crippen LogP contribution in [0.3, 0.4) is 0 Å². The zero-order chi connectivity index (χ0) is 15.0. The lowest BCUT2D eigenvalue weighted by Gasteiger charge is -2.09. The summed E-state index contributed by atoms with van der Waals surface area (Å²) >= 11 is 6.03. The molecule has 3 rings (SSSR count). The fourth-order valence-corrected chi connectivity index (χ4v) is 2.83. The van der Waals surface area contributed by atoms with Crippen molar-refractivity contribution < 1.29 is 0 Å². The zero-order valence-corrected chi connectivity index (χ0v) is 12.6. The number of hydrogen-bond acceptors (Lipinski definition) is 2. The van der Waals surface area contributed by atoms with Crippen molar-refractivity contribution in [3.63, 3.8) is 0 Å². The third-order valence-corrected chi connectivity index (χ3v) is 3.86. The highest BCUT2D eigenvalue weighted by atomic mass is 35.5. The molecule has 2 aromatic carbocycles. The summed E-state index contributed by atoms with van der Waals surface area (Å²) in [5, 5.41) is 9.75. The molecule has 0 unspecified atom stereocenters. The highest BCUT2D eigenvalue weighted by Crippen LogP contribution is 2.29. The van der Waals surface area contributed by atoms with Gasteiger partial charge in [-0.3, -0.25) is 0 Å². The van der Waals surface area contributed by atoms with E-state index < -0.39 is 0 Å². The number of halogens is 1. The smallest absolute Gasteiger partial charge is 0.141 e. The molecular formula is C17H14ClN3. The van der Waals surface area contributed by atoms with Crippen LogP contribution in [0.15, 0.2) is 36.4 Å². The van der Waals surface area contributed by atoms with Gasteiger partial charge in [-0.2, -0.15) is 5.26 Å². The fraction of sp³-hybridized carbons (Fsp3) is 0.176. The molecule has 0 bridgehead atoms. The second-order valence-electron chi connectivity index (χ2n) is 4.95. The number of nitrogens with zero attached hydrogens (tertiary/aromatic N) is 3. The number of hydrogen-bond donors (Lipinski definition) is 0. The van der Waals surface area contributed by atoms with Crippen LogP contribution in [0.5, 0.6) is 0 Å². The van der Waals surface area contributed by atoms with Crippen molar-refractivity contribution in [1.29, 1.82) is 5.26 Å². The molecule has 1 aromatic heterocycles. The predicted octanol–water partition coefficient (Wildman–Crippen LogP) is 4.56. The summed E-state index contributed by atoms with van der Waals surface area (Å²) in [6.07, 6.45) is 0. The normalized spacial score (nSPS) is 10.8. The second-order valence-corrected chi connectivity index (χ2v) is 5.39. The summed E-state index contributed by atoms with van der Waals surface area (Å²) in [6, 6.07) is 13.6. The maximum atomic E-state index is 9.02. The Kier molecular flexibility index (Phi) is 3.40. The van der Waals surface area contributed by atoms with Crippen LogP contribution >= 0.6 is 11.6 Å². The van der Waals surface area contributed by atoms with E-state index in [2.05, 4.69) is 17.6 Å². The van der Waals surface area contributed by atoms with E-state index in [-0.39, 0.29) is 0 Å². The molecule has 0 aliphatic rings. The lowest BCUT2D eigenvalue weighted by molar-refractivity contribution is 0.796. The Hall–Kier alpha value is -2.31. The van der Waals surface area contributed by atoms with Crippen molar-refractivity contribution >= 4 is 22.6 Å². The van der Waals surface area contributed by atoms with Crippen LogP contribution in [0.1, 0.15) is 18.1 Å². The van der Waals surface area contributed by atoms with Crippen molar-refractivity contribution in [2.24, 2.45) is 0 Å². The van der Waals surface area contributed by atoms with Crippen molar-refractivity contribution in [2.75, 3.05) is 0 Å². The first-order valence-electron chi connectivity index (χ1n) is 6.81. The summed E-state index contributed by atoms with van der Waals surface area (Å²) in [7, 11) is 0. The van der Waals surface area contributed by atoms with Gasteiger partial charge in [-0.25, -0.2) is 4.98 Å². The number of rotatable bonds is 2. The Balaban J connectivity index is 2.29. The van der Waals surface area contributed by atoms with Crippen LogP contribution in [-0.4, -0.2) is 9.55 Å². The average Bonchev–Trinajstić information content (AvgIpc) is 2.84. The molecule has 1 heterocycles. The Morgan fingerprint density at radius 3 is 2.71 bits per heavy atom. The SMILES string of the molecule is CCn1c(-c2ccc(Cl)cc2C)nc2cc(C#N)ccc21. The average molecular weight is 296 g/mol. The molecule has 0 radical (unpaired) electrons. The highest BCUT2D eigenvalue weighted by Gasteiger charge is 2.13. The minimum Gasteiger partial charge on any atom is -0.324 e. The molecular weight excluding hydrogens is 282 g/mol. The molecule has 0 atom stereocenters. The van der Waals surface area contributed by atoms with Crippen molar-refractivity contribution in [1.82, 2.24) is 9.55 Å². The molecule has 0 saturated heterocycles. The molecule has 0 aliphatic heterocycles. The monoisotopic (exact) mass is 295 g/mol. The minimum atomic E-state index is 0.627. The van der Waals surface area contributed by atoms with Gasteiger partial charge in [-0.1, -0.05) is 11.6 Å². The highest BCUT2D eigenvalue weighted by molar-refractivity contribution is 6.30. The molecule has 21 heavy (non-hydrogen) atoms. The fourth-order valence-electron chi connectivity index (χ4n) is 2.60. The van der Waals surface area contributed by atoms with Gasteiger partial charge in [-0.15, -0.1) is 0 Å². The number of imidazole rings is 1. The molecule has 104 valence electrons. The lowest BCUT2D eigenvalue weighted by atomic mass is 10.1. The van der Waals surface area contributed by atoms with Crippen LogP contribution in [0.25, 0.3) is 22.4 Å². The molecule has 0 amide bonds. The molecule has 0 N–H and O–H groups in total. The van der Waals surface area contributed by atoms with E-state index >= 15 is 0 Å². The van der Waals surface area contributed by atoms with Gasteiger partial charge in [0.1, 0.15) is 5.82 Å². The van der Waals surface area contributed by atoms with E-state index in [9.17, 15) is 0 Å². The molecule has 0 saturated carbocycles. The summed E-state index contributed by atoms with van der Waals surface area (Å²) in [4.78, 5) is 4.72. The van der Waals surface area contributed by atoms with Crippen molar-refractivity contribution in [3.8, 4) is 17.5 Å². The summed E-state index contributed by atoms with van der Waals surface area (Å²) in [5.74, 6) is 0.914. The Morgan fingerprint density at radius 2 is 2.05 bits per heavy atom. The Bertz CT molecular complexity index is 872. The minimum absolute atomic E-state index is 0.627. The standard InChI is InChI=1S/C17H14ClN3/c1-3-21-16-7-4-12(10-19)9-15(16)20-17(21)14-6-5-13(18)8-11(14)2/h4-9H,3H2,1-2H3. The maximum Gasteiger partial charge on any atom is 0.141 e. The third-order valence-electron chi connectivity index (χ3n) is 3.62. The van der Waals surface area contributed by atoms with Crippen molar-refractivity contribution in [3.05, 3.63) is 52.5 Å². The topological polar surface area (TPSA) is 41.6 Å². The molecule has 0 spiro atoms. The first kappa shape index (κ1) is 13.7. The Labute approximate surface area is 128 Å². The zero-order valence-electron chi connectivity index (χ0n) is 11.9. The molecule has 0 fully saturated rings.